The normalized spacial score (nSPS) is 25.3. The fourth-order valence-electron chi connectivity index (χ4n) is 1.51. The molecule has 0 aromatic heterocycles. The lowest BCUT2D eigenvalue weighted by Gasteiger charge is -2.12. The molecular weight excluding hydrogens is 152 g/mol. The molecule has 0 radical (unpaired) electrons. The number of carbonyl (C=O) groups is 1. The first-order valence-corrected chi connectivity index (χ1v) is 4.33. The molecule has 3 N–H and O–H groups in total. The third-order valence-corrected chi connectivity index (χ3v) is 2.54. The van der Waals surface area contributed by atoms with Gasteiger partial charge in [0.2, 0.25) is 5.91 Å². The summed E-state index contributed by atoms with van der Waals surface area (Å²) in [4.78, 5) is 10.8. The van der Waals surface area contributed by atoms with Gasteiger partial charge in [-0.3, -0.25) is 4.79 Å². The predicted octanol–water partition coefficient (Wildman–Crippen LogP) is 0.560. The summed E-state index contributed by atoms with van der Waals surface area (Å²) in [6.45, 7) is 4.81. The van der Waals surface area contributed by atoms with Crippen molar-refractivity contribution >= 4 is 5.91 Å². The smallest absolute Gasteiger partial charge is 0.244 e. The predicted molar refractivity (Wildman–Crippen MR) is 48.6 cm³/mol. The summed E-state index contributed by atoms with van der Waals surface area (Å²) in [5, 5.41) is 3.33. The highest BCUT2D eigenvalue weighted by molar-refractivity contribution is 5.92. The number of hydrogen-bond donors (Lipinski definition) is 2. The number of carbonyl (C=O) groups excluding carboxylic acids is 1. The van der Waals surface area contributed by atoms with Gasteiger partial charge in [-0.05, 0) is 38.8 Å². The summed E-state index contributed by atoms with van der Waals surface area (Å²) < 4.78 is 0. The second-order valence-corrected chi connectivity index (χ2v) is 3.32. The average Bonchev–Trinajstić information content (AvgIpc) is 2.53. The molecule has 1 aliphatic rings. The van der Waals surface area contributed by atoms with E-state index in [4.69, 9.17) is 5.73 Å². The van der Waals surface area contributed by atoms with Crippen molar-refractivity contribution < 1.29 is 4.79 Å². The maximum atomic E-state index is 10.8. The maximum Gasteiger partial charge on any atom is 0.244 e. The number of nitrogens with two attached hydrogens (primary N) is 1. The van der Waals surface area contributed by atoms with Gasteiger partial charge >= 0.3 is 0 Å². The van der Waals surface area contributed by atoms with Crippen molar-refractivity contribution in [3.8, 4) is 0 Å². The standard InChI is InChI=1S/C9H16N2O/c1-6(7(2)9(10)12)8-4-3-5-11-8/h8,11H,3-5H2,1-2H3,(H2,10,12). The van der Waals surface area contributed by atoms with Crippen LogP contribution in [0.5, 0.6) is 0 Å². The highest BCUT2D eigenvalue weighted by Gasteiger charge is 2.18. The third kappa shape index (κ3) is 1.85. The first kappa shape index (κ1) is 9.26. The Balaban J connectivity index is 2.72. The Labute approximate surface area is 73.0 Å². The van der Waals surface area contributed by atoms with Gasteiger partial charge in [-0.1, -0.05) is 0 Å². The fourth-order valence-corrected chi connectivity index (χ4v) is 1.51. The minimum absolute atomic E-state index is 0.304. The Bertz CT molecular complexity index is 215. The lowest BCUT2D eigenvalue weighted by atomic mass is 10.0. The maximum absolute atomic E-state index is 10.8. The molecule has 0 bridgehead atoms. The van der Waals surface area contributed by atoms with Crippen LogP contribution in [0.15, 0.2) is 11.1 Å². The quantitative estimate of drug-likeness (QED) is 0.592. The van der Waals surface area contributed by atoms with E-state index in [1.54, 1.807) is 6.92 Å². The van der Waals surface area contributed by atoms with Gasteiger partial charge in [-0.2, -0.15) is 0 Å². The molecule has 1 amide bonds. The van der Waals surface area contributed by atoms with E-state index >= 15 is 0 Å². The largest absolute Gasteiger partial charge is 0.366 e. The Kier molecular flexibility index (Phi) is 2.87. The molecule has 1 aliphatic heterocycles. The first-order valence-electron chi connectivity index (χ1n) is 4.33. The fraction of sp³-hybridized carbons (Fsp3) is 0.667. The molecular formula is C9H16N2O. The molecule has 1 heterocycles. The summed E-state index contributed by atoms with van der Waals surface area (Å²) in [6, 6.07) is 0.373. The Morgan fingerprint density at radius 2 is 2.17 bits per heavy atom. The lowest BCUT2D eigenvalue weighted by Crippen LogP contribution is -2.26. The van der Waals surface area contributed by atoms with Crippen molar-refractivity contribution in [1.82, 2.24) is 5.32 Å². The van der Waals surface area contributed by atoms with Gasteiger partial charge in [0.15, 0.2) is 0 Å². The molecule has 3 heteroatoms. The van der Waals surface area contributed by atoms with E-state index in [1.165, 1.54) is 6.42 Å². The number of hydrogen-bond acceptors (Lipinski definition) is 2. The molecule has 0 aromatic rings. The molecule has 68 valence electrons. The van der Waals surface area contributed by atoms with Gasteiger partial charge in [0, 0.05) is 11.6 Å². The van der Waals surface area contributed by atoms with Crippen molar-refractivity contribution in [1.29, 1.82) is 0 Å². The molecule has 0 spiro atoms. The van der Waals surface area contributed by atoms with E-state index in [-0.39, 0.29) is 5.91 Å². The molecule has 0 aliphatic carbocycles. The van der Waals surface area contributed by atoms with Crippen LogP contribution in [0.4, 0.5) is 0 Å². The summed E-state index contributed by atoms with van der Waals surface area (Å²) in [5.41, 5.74) is 6.98. The molecule has 3 nitrogen and oxygen atoms in total. The van der Waals surface area contributed by atoms with Crippen molar-refractivity contribution in [2.24, 2.45) is 5.73 Å². The van der Waals surface area contributed by atoms with Crippen molar-refractivity contribution in [3.05, 3.63) is 11.1 Å². The molecule has 0 saturated carbocycles. The summed E-state index contributed by atoms with van der Waals surface area (Å²) in [7, 11) is 0. The van der Waals surface area contributed by atoms with Gasteiger partial charge in [-0.25, -0.2) is 0 Å². The van der Waals surface area contributed by atoms with Crippen molar-refractivity contribution in [2.75, 3.05) is 6.54 Å². The summed E-state index contributed by atoms with van der Waals surface area (Å²) in [5.74, 6) is -0.304. The minimum Gasteiger partial charge on any atom is -0.366 e. The molecule has 0 aromatic carbocycles. The van der Waals surface area contributed by atoms with Gasteiger partial charge in [0.1, 0.15) is 0 Å². The first-order chi connectivity index (χ1) is 5.63. The van der Waals surface area contributed by atoms with Crippen LogP contribution in [0.3, 0.4) is 0 Å². The number of rotatable bonds is 2. The van der Waals surface area contributed by atoms with Gasteiger partial charge in [-0.15, -0.1) is 0 Å². The Hall–Kier alpha value is -0.830. The monoisotopic (exact) mass is 168 g/mol. The number of primary amides is 1. The van der Waals surface area contributed by atoms with Gasteiger partial charge in [0.05, 0.1) is 0 Å². The molecule has 1 rings (SSSR count). The minimum atomic E-state index is -0.304. The highest BCUT2D eigenvalue weighted by Crippen LogP contribution is 2.16. The zero-order chi connectivity index (χ0) is 9.14. The van der Waals surface area contributed by atoms with Crippen LogP contribution in [-0.4, -0.2) is 18.5 Å². The number of nitrogens with one attached hydrogen (secondary N) is 1. The van der Waals surface area contributed by atoms with Crippen LogP contribution in [0, 0.1) is 0 Å². The third-order valence-electron chi connectivity index (χ3n) is 2.54. The van der Waals surface area contributed by atoms with E-state index in [0.717, 1.165) is 18.5 Å². The van der Waals surface area contributed by atoms with Crippen LogP contribution in [0.1, 0.15) is 26.7 Å². The van der Waals surface area contributed by atoms with E-state index < -0.39 is 0 Å². The zero-order valence-corrected chi connectivity index (χ0v) is 7.68. The highest BCUT2D eigenvalue weighted by atomic mass is 16.1. The van der Waals surface area contributed by atoms with Crippen LogP contribution in [-0.2, 0) is 4.79 Å². The van der Waals surface area contributed by atoms with E-state index in [0.29, 0.717) is 11.6 Å². The summed E-state index contributed by atoms with van der Waals surface area (Å²) >= 11 is 0. The molecule has 12 heavy (non-hydrogen) atoms. The molecule has 1 unspecified atom stereocenters. The van der Waals surface area contributed by atoms with E-state index in [2.05, 4.69) is 5.32 Å². The Morgan fingerprint density at radius 3 is 2.58 bits per heavy atom. The molecule has 1 atom stereocenters. The van der Waals surface area contributed by atoms with Crippen molar-refractivity contribution in [3.63, 3.8) is 0 Å². The SMILES string of the molecule is CC(C(N)=O)=C(C)C1CCCN1. The Morgan fingerprint density at radius 1 is 1.50 bits per heavy atom. The van der Waals surface area contributed by atoms with Gasteiger partial charge in [0.25, 0.3) is 0 Å². The van der Waals surface area contributed by atoms with Crippen molar-refractivity contribution in [2.45, 2.75) is 32.7 Å². The zero-order valence-electron chi connectivity index (χ0n) is 7.68. The lowest BCUT2D eigenvalue weighted by molar-refractivity contribution is -0.114. The topological polar surface area (TPSA) is 55.1 Å². The molecule has 1 fully saturated rings. The second kappa shape index (κ2) is 3.72. The van der Waals surface area contributed by atoms with Crippen LogP contribution in [0.25, 0.3) is 0 Å². The number of amides is 1. The summed E-state index contributed by atoms with van der Waals surface area (Å²) in [6.07, 6.45) is 2.31. The molecule has 1 saturated heterocycles. The van der Waals surface area contributed by atoms with Crippen LogP contribution >= 0.6 is 0 Å². The van der Waals surface area contributed by atoms with E-state index in [1.807, 2.05) is 6.92 Å². The average molecular weight is 168 g/mol. The van der Waals surface area contributed by atoms with Crippen LogP contribution in [0.2, 0.25) is 0 Å². The van der Waals surface area contributed by atoms with Gasteiger partial charge < -0.3 is 11.1 Å². The van der Waals surface area contributed by atoms with Crippen LogP contribution < -0.4 is 11.1 Å². The van der Waals surface area contributed by atoms with E-state index in [9.17, 15) is 4.79 Å². The second-order valence-electron chi connectivity index (χ2n) is 3.32.